The maximum Gasteiger partial charge on any atom is 0.490 e. The minimum Gasteiger partial charge on any atom is -0.475 e. The van der Waals surface area contributed by atoms with Gasteiger partial charge in [-0.05, 0) is 34.5 Å². The zero-order valence-electron chi connectivity index (χ0n) is 14.0. The highest BCUT2D eigenvalue weighted by molar-refractivity contribution is 9.10. The molecule has 0 saturated heterocycles. The molecule has 2 aromatic rings. The first-order valence-electron chi connectivity index (χ1n) is 7.18. The number of alkyl halides is 3. The maximum absolute atomic E-state index is 12.6. The summed E-state index contributed by atoms with van der Waals surface area (Å²) in [7, 11) is 0. The SMILES string of the molecule is Cc1cc(Br)ncc1-n1cnn(CC(CN)=C(F)F)c1=O.O=C(O)C(F)(F)F. The molecule has 0 saturated carbocycles. The van der Waals surface area contributed by atoms with E-state index in [-0.39, 0.29) is 18.7 Å². The van der Waals surface area contributed by atoms with Crippen molar-refractivity contribution < 1.29 is 31.9 Å². The molecule has 2 heterocycles. The third-order valence-corrected chi connectivity index (χ3v) is 3.57. The maximum atomic E-state index is 12.6. The average Bonchev–Trinajstić information content (AvgIpc) is 2.92. The number of pyridine rings is 1. The highest BCUT2D eigenvalue weighted by Crippen LogP contribution is 2.15. The van der Waals surface area contributed by atoms with Gasteiger partial charge in [0.05, 0.1) is 18.4 Å². The molecule has 0 aliphatic rings. The molecule has 2 rings (SSSR count). The largest absolute Gasteiger partial charge is 0.490 e. The smallest absolute Gasteiger partial charge is 0.475 e. The second-order valence-electron chi connectivity index (χ2n) is 5.11. The number of carboxylic acids is 1. The van der Waals surface area contributed by atoms with Crippen LogP contribution in [0.2, 0.25) is 0 Å². The lowest BCUT2D eigenvalue weighted by Gasteiger charge is -2.05. The predicted molar refractivity (Wildman–Crippen MR) is 90.0 cm³/mol. The Morgan fingerprint density at radius 3 is 2.36 bits per heavy atom. The van der Waals surface area contributed by atoms with Crippen LogP contribution in [-0.4, -0.2) is 43.1 Å². The monoisotopic (exact) mass is 473 g/mol. The highest BCUT2D eigenvalue weighted by Gasteiger charge is 2.38. The molecule has 0 atom stereocenters. The molecule has 3 N–H and O–H groups in total. The highest BCUT2D eigenvalue weighted by atomic mass is 79.9. The molecular weight excluding hydrogens is 461 g/mol. The van der Waals surface area contributed by atoms with Crippen LogP contribution >= 0.6 is 15.9 Å². The Morgan fingerprint density at radius 1 is 1.36 bits per heavy atom. The van der Waals surface area contributed by atoms with Gasteiger partial charge in [-0.25, -0.2) is 23.8 Å². The molecule has 0 radical (unpaired) electrons. The lowest BCUT2D eigenvalue weighted by atomic mass is 10.2. The van der Waals surface area contributed by atoms with Crippen LogP contribution in [0.1, 0.15) is 5.56 Å². The van der Waals surface area contributed by atoms with Gasteiger partial charge in [-0.15, -0.1) is 0 Å². The van der Waals surface area contributed by atoms with E-state index in [1.54, 1.807) is 13.0 Å². The zero-order valence-corrected chi connectivity index (χ0v) is 15.6. The number of rotatable bonds is 4. The molecule has 0 unspecified atom stereocenters. The summed E-state index contributed by atoms with van der Waals surface area (Å²) in [6.45, 7) is 1.13. The quantitative estimate of drug-likeness (QED) is 0.519. The number of hydrogen-bond acceptors (Lipinski definition) is 5. The molecule has 2 aromatic heterocycles. The van der Waals surface area contributed by atoms with Gasteiger partial charge in [0.15, 0.2) is 0 Å². The number of hydrogen-bond donors (Lipinski definition) is 2. The number of aryl methyl sites for hydroxylation is 1. The van der Waals surface area contributed by atoms with Gasteiger partial charge >= 0.3 is 17.8 Å². The van der Waals surface area contributed by atoms with Crippen molar-refractivity contribution >= 4 is 21.9 Å². The van der Waals surface area contributed by atoms with Crippen LogP contribution in [0.5, 0.6) is 0 Å². The molecule has 0 aliphatic carbocycles. The van der Waals surface area contributed by atoms with Crippen LogP contribution in [-0.2, 0) is 11.3 Å². The van der Waals surface area contributed by atoms with Crippen molar-refractivity contribution in [3.8, 4) is 5.69 Å². The molecule has 0 aromatic carbocycles. The fourth-order valence-electron chi connectivity index (χ4n) is 1.76. The Balaban J connectivity index is 0.000000480. The Morgan fingerprint density at radius 2 is 1.93 bits per heavy atom. The Bertz CT molecular complexity index is 934. The second kappa shape index (κ2) is 9.54. The fourth-order valence-corrected chi connectivity index (χ4v) is 2.21. The topological polar surface area (TPSA) is 116 Å². The summed E-state index contributed by atoms with van der Waals surface area (Å²) in [5.41, 5.74) is 5.70. The summed E-state index contributed by atoms with van der Waals surface area (Å²) < 4.78 is 59.7. The second-order valence-corrected chi connectivity index (χ2v) is 5.92. The van der Waals surface area contributed by atoms with E-state index in [1.165, 1.54) is 17.1 Å². The van der Waals surface area contributed by atoms with Gasteiger partial charge in [0, 0.05) is 12.1 Å². The van der Waals surface area contributed by atoms with Gasteiger partial charge in [-0.1, -0.05) is 0 Å². The molecule has 0 fully saturated rings. The molecule has 0 aliphatic heterocycles. The Kier molecular flexibility index (Phi) is 7.99. The third kappa shape index (κ3) is 6.23. The van der Waals surface area contributed by atoms with Crippen molar-refractivity contribution in [3.63, 3.8) is 0 Å². The zero-order chi connectivity index (χ0) is 21.6. The van der Waals surface area contributed by atoms with Crippen molar-refractivity contribution in [2.75, 3.05) is 6.54 Å². The molecule has 28 heavy (non-hydrogen) atoms. The fraction of sp³-hybridized carbons (Fsp3) is 0.286. The number of aliphatic carboxylic acids is 1. The Labute approximate surface area is 162 Å². The first-order valence-corrected chi connectivity index (χ1v) is 7.98. The standard InChI is InChI=1S/C12H12BrF2N5O.C2HF3O2/c1-7-2-10(13)17-4-9(7)19-6-18-20(12(19)21)5-8(3-16)11(14)15;3-2(4,5)1(6)7/h2,4,6H,3,5,16H2,1H3;(H,6,7). The molecular formula is C14H13BrF5N5O3. The van der Waals surface area contributed by atoms with Crippen LogP contribution in [0, 0.1) is 6.92 Å². The minimum atomic E-state index is -5.08. The minimum absolute atomic E-state index is 0.326. The number of aromatic nitrogens is 4. The van der Waals surface area contributed by atoms with Crippen LogP contribution in [0.15, 0.2) is 39.6 Å². The van der Waals surface area contributed by atoms with E-state index in [4.69, 9.17) is 15.6 Å². The van der Waals surface area contributed by atoms with Gasteiger partial charge < -0.3 is 10.8 Å². The van der Waals surface area contributed by atoms with Crippen LogP contribution in [0.4, 0.5) is 22.0 Å². The lowest BCUT2D eigenvalue weighted by Crippen LogP contribution is -2.26. The molecule has 0 amide bonds. The summed E-state index contributed by atoms with van der Waals surface area (Å²) in [5, 5.41) is 11.0. The number of nitrogens with two attached hydrogens (primary N) is 1. The third-order valence-electron chi connectivity index (χ3n) is 3.14. The van der Waals surface area contributed by atoms with Gasteiger partial charge in [-0.2, -0.15) is 27.1 Å². The summed E-state index contributed by atoms with van der Waals surface area (Å²) in [4.78, 5) is 25.1. The summed E-state index contributed by atoms with van der Waals surface area (Å²) >= 11 is 3.23. The van der Waals surface area contributed by atoms with E-state index in [2.05, 4.69) is 26.0 Å². The predicted octanol–water partition coefficient (Wildman–Crippen LogP) is 2.24. The van der Waals surface area contributed by atoms with Gasteiger partial charge in [0.25, 0.3) is 6.08 Å². The van der Waals surface area contributed by atoms with Crippen LogP contribution in [0.25, 0.3) is 5.69 Å². The van der Waals surface area contributed by atoms with Gasteiger partial charge in [0.1, 0.15) is 10.9 Å². The molecule has 8 nitrogen and oxygen atoms in total. The average molecular weight is 474 g/mol. The van der Waals surface area contributed by atoms with E-state index in [0.717, 1.165) is 10.2 Å². The number of carboxylic acid groups (broad SMARTS) is 1. The summed E-state index contributed by atoms with van der Waals surface area (Å²) in [6.07, 6.45) is -4.20. The van der Waals surface area contributed by atoms with Gasteiger partial charge in [0.2, 0.25) is 0 Å². The normalized spacial score (nSPS) is 10.9. The number of nitrogens with zero attached hydrogens (tertiary/aromatic N) is 4. The van der Waals surface area contributed by atoms with Crippen molar-refractivity contribution in [3.05, 3.63) is 50.9 Å². The first kappa shape index (κ1) is 23.4. The molecule has 0 spiro atoms. The van der Waals surface area contributed by atoms with E-state index in [0.29, 0.717) is 10.3 Å². The van der Waals surface area contributed by atoms with E-state index < -0.39 is 23.9 Å². The van der Waals surface area contributed by atoms with Crippen molar-refractivity contribution in [1.29, 1.82) is 0 Å². The van der Waals surface area contributed by atoms with Crippen LogP contribution < -0.4 is 11.4 Å². The first-order chi connectivity index (χ1) is 12.9. The van der Waals surface area contributed by atoms with Gasteiger partial charge in [-0.3, -0.25) is 0 Å². The number of carbonyl (C=O) groups is 1. The molecule has 14 heteroatoms. The molecule has 154 valence electrons. The Hall–Kier alpha value is -2.61. The molecule has 0 bridgehead atoms. The van der Waals surface area contributed by atoms with Crippen molar-refractivity contribution in [2.45, 2.75) is 19.6 Å². The van der Waals surface area contributed by atoms with E-state index >= 15 is 0 Å². The lowest BCUT2D eigenvalue weighted by molar-refractivity contribution is -0.192. The van der Waals surface area contributed by atoms with Crippen molar-refractivity contribution in [1.82, 2.24) is 19.3 Å². The number of halogens is 6. The van der Waals surface area contributed by atoms with E-state index in [9.17, 15) is 26.7 Å². The van der Waals surface area contributed by atoms with Crippen LogP contribution in [0.3, 0.4) is 0 Å². The van der Waals surface area contributed by atoms with E-state index in [1.807, 2.05) is 0 Å². The summed E-state index contributed by atoms with van der Waals surface area (Å²) in [6, 6.07) is 1.74. The summed E-state index contributed by atoms with van der Waals surface area (Å²) in [5.74, 6) is -2.76. The van der Waals surface area contributed by atoms with Crippen molar-refractivity contribution in [2.24, 2.45) is 5.73 Å².